The van der Waals surface area contributed by atoms with E-state index in [9.17, 15) is 8.42 Å². The number of likely N-dealkylation sites (N-methyl/N-ethyl adjacent to an activating group) is 1. The SMILES string of the molecule is CN(C)C(C)(C)CNCc1cnn([C@@]2(C)CCS(=O)(=O)C2)c1. The highest BCUT2D eigenvalue weighted by Gasteiger charge is 2.40. The molecule has 1 saturated heterocycles. The third-order valence-corrected chi connectivity index (χ3v) is 6.66. The summed E-state index contributed by atoms with van der Waals surface area (Å²) in [6.45, 7) is 7.95. The zero-order valence-electron chi connectivity index (χ0n) is 14.3. The van der Waals surface area contributed by atoms with Crippen molar-refractivity contribution in [3.63, 3.8) is 0 Å². The van der Waals surface area contributed by atoms with Gasteiger partial charge in [0.15, 0.2) is 9.84 Å². The van der Waals surface area contributed by atoms with E-state index >= 15 is 0 Å². The molecular weight excluding hydrogens is 300 g/mol. The quantitative estimate of drug-likeness (QED) is 0.838. The van der Waals surface area contributed by atoms with Crippen LogP contribution in [-0.2, 0) is 21.9 Å². The summed E-state index contributed by atoms with van der Waals surface area (Å²) in [4.78, 5) is 2.19. The molecule has 2 heterocycles. The molecular formula is C15H28N4O2S. The zero-order valence-corrected chi connectivity index (χ0v) is 15.1. The Morgan fingerprint density at radius 3 is 2.68 bits per heavy atom. The Hall–Kier alpha value is -0.920. The number of aromatic nitrogens is 2. The summed E-state index contributed by atoms with van der Waals surface area (Å²) >= 11 is 0. The van der Waals surface area contributed by atoms with Crippen LogP contribution in [0.1, 0.15) is 32.8 Å². The molecule has 126 valence electrons. The second-order valence-corrected chi connectivity index (χ2v) is 9.63. The molecule has 1 aliphatic rings. The highest BCUT2D eigenvalue weighted by Crippen LogP contribution is 2.30. The van der Waals surface area contributed by atoms with Crippen molar-refractivity contribution in [1.29, 1.82) is 0 Å². The minimum atomic E-state index is -2.92. The monoisotopic (exact) mass is 328 g/mol. The van der Waals surface area contributed by atoms with E-state index in [1.165, 1.54) is 0 Å². The van der Waals surface area contributed by atoms with Crippen LogP contribution in [0.4, 0.5) is 0 Å². The fourth-order valence-corrected chi connectivity index (χ4v) is 4.71. The molecule has 2 rings (SSSR count). The Labute approximate surface area is 133 Å². The maximum atomic E-state index is 11.7. The lowest BCUT2D eigenvalue weighted by Crippen LogP contribution is -2.46. The summed E-state index contributed by atoms with van der Waals surface area (Å²) in [7, 11) is 1.22. The maximum Gasteiger partial charge on any atom is 0.152 e. The Bertz CT molecular complexity index is 621. The molecule has 0 aromatic carbocycles. The number of hydrogen-bond acceptors (Lipinski definition) is 5. The number of hydrogen-bond donors (Lipinski definition) is 1. The minimum absolute atomic E-state index is 0.0848. The van der Waals surface area contributed by atoms with Crippen molar-refractivity contribution >= 4 is 9.84 Å². The van der Waals surface area contributed by atoms with Gasteiger partial charge in [0.05, 0.1) is 23.2 Å². The Morgan fingerprint density at radius 2 is 2.14 bits per heavy atom. The third kappa shape index (κ3) is 3.88. The molecule has 0 radical (unpaired) electrons. The van der Waals surface area contributed by atoms with E-state index in [0.717, 1.165) is 18.7 Å². The molecule has 1 aromatic heterocycles. The van der Waals surface area contributed by atoms with Gasteiger partial charge in [-0.15, -0.1) is 0 Å². The normalized spacial score (nSPS) is 25.0. The molecule has 1 aromatic rings. The van der Waals surface area contributed by atoms with Crippen LogP contribution in [-0.4, -0.2) is 60.8 Å². The van der Waals surface area contributed by atoms with Crippen molar-refractivity contribution in [1.82, 2.24) is 20.0 Å². The van der Waals surface area contributed by atoms with Crippen molar-refractivity contribution in [3.8, 4) is 0 Å². The number of nitrogens with one attached hydrogen (secondary N) is 1. The largest absolute Gasteiger partial charge is 0.311 e. The van der Waals surface area contributed by atoms with Crippen molar-refractivity contribution in [2.75, 3.05) is 32.1 Å². The molecule has 0 aliphatic carbocycles. The molecule has 0 saturated carbocycles. The molecule has 1 fully saturated rings. The van der Waals surface area contributed by atoms with Crippen LogP contribution in [0.3, 0.4) is 0 Å². The van der Waals surface area contributed by atoms with Gasteiger partial charge in [0.25, 0.3) is 0 Å². The van der Waals surface area contributed by atoms with E-state index in [0.29, 0.717) is 6.42 Å². The molecule has 22 heavy (non-hydrogen) atoms. The number of rotatable bonds is 6. The van der Waals surface area contributed by atoms with Crippen LogP contribution in [0.2, 0.25) is 0 Å². The zero-order chi connectivity index (χ0) is 16.6. The Morgan fingerprint density at radius 1 is 1.45 bits per heavy atom. The Balaban J connectivity index is 1.95. The fraction of sp³-hybridized carbons (Fsp3) is 0.800. The van der Waals surface area contributed by atoms with E-state index < -0.39 is 15.4 Å². The predicted molar refractivity (Wildman–Crippen MR) is 88.6 cm³/mol. The van der Waals surface area contributed by atoms with Crippen molar-refractivity contribution in [2.45, 2.75) is 44.8 Å². The van der Waals surface area contributed by atoms with Gasteiger partial charge in [-0.1, -0.05) is 0 Å². The smallest absolute Gasteiger partial charge is 0.152 e. The molecule has 7 heteroatoms. The first-order chi connectivity index (χ1) is 10.0. The van der Waals surface area contributed by atoms with E-state index in [4.69, 9.17) is 0 Å². The molecule has 0 spiro atoms. The van der Waals surface area contributed by atoms with Crippen LogP contribution < -0.4 is 5.32 Å². The second kappa shape index (κ2) is 5.94. The molecule has 1 aliphatic heterocycles. The van der Waals surface area contributed by atoms with E-state index in [1.807, 2.05) is 24.0 Å². The first-order valence-electron chi connectivity index (χ1n) is 7.67. The van der Waals surface area contributed by atoms with Crippen LogP contribution in [0.5, 0.6) is 0 Å². The lowest BCUT2D eigenvalue weighted by atomic mass is 10.0. The first-order valence-corrected chi connectivity index (χ1v) is 9.49. The van der Waals surface area contributed by atoms with Gasteiger partial charge in [0, 0.05) is 30.4 Å². The number of sulfone groups is 1. The molecule has 0 amide bonds. The summed E-state index contributed by atoms with van der Waals surface area (Å²) in [6.07, 6.45) is 4.43. The summed E-state index contributed by atoms with van der Waals surface area (Å²) in [5.41, 5.74) is 0.765. The molecule has 1 atom stereocenters. The van der Waals surface area contributed by atoms with Gasteiger partial charge < -0.3 is 10.2 Å². The van der Waals surface area contributed by atoms with Crippen LogP contribution in [0.25, 0.3) is 0 Å². The fourth-order valence-electron chi connectivity index (χ4n) is 2.59. The average molecular weight is 328 g/mol. The molecule has 6 nitrogen and oxygen atoms in total. The van der Waals surface area contributed by atoms with Gasteiger partial charge in [-0.05, 0) is 41.3 Å². The highest BCUT2D eigenvalue weighted by atomic mass is 32.2. The summed E-state index contributed by atoms with van der Waals surface area (Å²) in [5.74, 6) is 0.441. The van der Waals surface area contributed by atoms with Crippen molar-refractivity contribution in [3.05, 3.63) is 18.0 Å². The molecule has 1 N–H and O–H groups in total. The van der Waals surface area contributed by atoms with E-state index in [-0.39, 0.29) is 17.0 Å². The van der Waals surface area contributed by atoms with Gasteiger partial charge in [0.2, 0.25) is 0 Å². The Kier molecular flexibility index (Phi) is 4.71. The van der Waals surface area contributed by atoms with Crippen LogP contribution in [0, 0.1) is 0 Å². The standard InChI is InChI=1S/C15H28N4O2S/c1-14(2,18(4)5)11-16-8-13-9-17-19(10-13)15(3)6-7-22(20,21)12-15/h9-10,16H,6-8,11-12H2,1-5H3/t15-/m0/s1. The lowest BCUT2D eigenvalue weighted by Gasteiger charge is -2.32. The topological polar surface area (TPSA) is 67.2 Å². The maximum absolute atomic E-state index is 11.7. The second-order valence-electron chi connectivity index (χ2n) is 7.44. The molecule has 0 bridgehead atoms. The van der Waals surface area contributed by atoms with Crippen LogP contribution in [0.15, 0.2) is 12.4 Å². The highest BCUT2D eigenvalue weighted by molar-refractivity contribution is 7.91. The number of nitrogens with zero attached hydrogens (tertiary/aromatic N) is 3. The van der Waals surface area contributed by atoms with E-state index in [2.05, 4.69) is 43.3 Å². The van der Waals surface area contributed by atoms with Crippen molar-refractivity contribution in [2.24, 2.45) is 0 Å². The average Bonchev–Trinajstić information content (AvgIpc) is 2.95. The van der Waals surface area contributed by atoms with Crippen molar-refractivity contribution < 1.29 is 8.42 Å². The van der Waals surface area contributed by atoms with Gasteiger partial charge in [-0.25, -0.2) is 8.42 Å². The first kappa shape index (κ1) is 17.4. The summed E-state index contributed by atoms with van der Waals surface area (Å²) in [5, 5.41) is 7.83. The predicted octanol–water partition coefficient (Wildman–Crippen LogP) is 0.847. The van der Waals surface area contributed by atoms with Gasteiger partial charge in [-0.3, -0.25) is 4.68 Å². The van der Waals surface area contributed by atoms with Gasteiger partial charge >= 0.3 is 0 Å². The van der Waals surface area contributed by atoms with Gasteiger partial charge in [0.1, 0.15) is 0 Å². The van der Waals surface area contributed by atoms with Gasteiger partial charge in [-0.2, -0.15) is 5.10 Å². The lowest BCUT2D eigenvalue weighted by molar-refractivity contribution is 0.189. The minimum Gasteiger partial charge on any atom is -0.311 e. The summed E-state index contributed by atoms with van der Waals surface area (Å²) < 4.78 is 25.3. The summed E-state index contributed by atoms with van der Waals surface area (Å²) in [6, 6.07) is 0. The van der Waals surface area contributed by atoms with E-state index in [1.54, 1.807) is 0 Å². The van der Waals surface area contributed by atoms with Crippen LogP contribution >= 0.6 is 0 Å². The third-order valence-electron chi connectivity index (χ3n) is 4.77. The molecule has 0 unspecified atom stereocenters.